The summed E-state index contributed by atoms with van der Waals surface area (Å²) in [4.78, 5) is 39.2. The topological polar surface area (TPSA) is 97.5 Å². The van der Waals surface area contributed by atoms with Gasteiger partial charge in [0.25, 0.3) is 5.91 Å². The lowest BCUT2D eigenvalue weighted by Gasteiger charge is -2.14. The lowest BCUT2D eigenvalue weighted by Crippen LogP contribution is -2.35. The van der Waals surface area contributed by atoms with Crippen LogP contribution < -0.4 is 10.1 Å². The largest absolute Gasteiger partial charge is 0.496 e. The van der Waals surface area contributed by atoms with E-state index in [1.54, 1.807) is 27.0 Å². The van der Waals surface area contributed by atoms with Crippen LogP contribution in [0.25, 0.3) is 0 Å². The SMILES string of the molecule is COc1ccccc1CNC(=O)[C@@H](C)OC(=O)c1[nH]c(C)c(C(C)=O)c1C. The van der Waals surface area contributed by atoms with E-state index in [1.165, 1.54) is 13.8 Å². The first-order valence-electron chi connectivity index (χ1n) is 8.57. The van der Waals surface area contributed by atoms with Crippen molar-refractivity contribution in [3.63, 3.8) is 0 Å². The Bertz CT molecular complexity index is 869. The van der Waals surface area contributed by atoms with Crippen LogP contribution in [0.1, 0.15) is 51.5 Å². The number of aromatic amines is 1. The summed E-state index contributed by atoms with van der Waals surface area (Å²) in [6.07, 6.45) is -0.990. The maximum absolute atomic E-state index is 12.4. The molecule has 0 radical (unpaired) electrons. The van der Waals surface area contributed by atoms with Gasteiger partial charge >= 0.3 is 5.97 Å². The Kier molecular flexibility index (Phi) is 6.39. The minimum Gasteiger partial charge on any atom is -0.496 e. The Morgan fingerprint density at radius 2 is 1.85 bits per heavy atom. The van der Waals surface area contributed by atoms with Crippen molar-refractivity contribution in [2.75, 3.05) is 7.11 Å². The van der Waals surface area contributed by atoms with Gasteiger partial charge in [0.05, 0.1) is 7.11 Å². The van der Waals surface area contributed by atoms with Crippen LogP contribution in [0.4, 0.5) is 0 Å². The smallest absolute Gasteiger partial charge is 0.355 e. The standard InChI is InChI=1S/C20H24N2O5/c1-11-17(13(3)23)12(2)22-18(11)20(25)27-14(4)19(24)21-10-15-8-6-7-9-16(15)26-5/h6-9,14,22H,10H2,1-5H3,(H,21,24)/t14-/m1/s1. The van der Waals surface area contributed by atoms with E-state index in [0.29, 0.717) is 22.6 Å². The minimum atomic E-state index is -0.990. The molecule has 1 aromatic heterocycles. The summed E-state index contributed by atoms with van der Waals surface area (Å²) in [5.41, 5.74) is 2.58. The van der Waals surface area contributed by atoms with Gasteiger partial charge in [0.15, 0.2) is 11.9 Å². The number of ether oxygens (including phenoxy) is 2. The van der Waals surface area contributed by atoms with Gasteiger partial charge in [-0.25, -0.2) is 4.79 Å². The van der Waals surface area contributed by atoms with Crippen molar-refractivity contribution in [2.45, 2.75) is 40.3 Å². The maximum Gasteiger partial charge on any atom is 0.355 e. The fraction of sp³-hybridized carbons (Fsp3) is 0.350. The zero-order valence-electron chi connectivity index (χ0n) is 16.1. The number of amides is 1. The summed E-state index contributed by atoms with van der Waals surface area (Å²) >= 11 is 0. The van der Waals surface area contributed by atoms with Crippen LogP contribution in [-0.2, 0) is 16.1 Å². The van der Waals surface area contributed by atoms with Crippen molar-refractivity contribution in [2.24, 2.45) is 0 Å². The molecule has 1 aromatic carbocycles. The molecule has 0 saturated heterocycles. The molecule has 1 atom stereocenters. The highest BCUT2D eigenvalue weighted by molar-refractivity contribution is 6.01. The lowest BCUT2D eigenvalue weighted by molar-refractivity contribution is -0.129. The molecule has 0 spiro atoms. The number of Topliss-reactive ketones (excluding diaryl/α,β-unsaturated/α-hetero) is 1. The zero-order chi connectivity index (χ0) is 20.1. The van der Waals surface area contributed by atoms with Crippen molar-refractivity contribution >= 4 is 17.7 Å². The van der Waals surface area contributed by atoms with E-state index in [1.807, 2.05) is 18.2 Å². The molecule has 0 aliphatic carbocycles. The molecule has 1 amide bonds. The maximum atomic E-state index is 12.4. The second-order valence-corrected chi connectivity index (χ2v) is 6.26. The first-order valence-corrected chi connectivity index (χ1v) is 8.57. The van der Waals surface area contributed by atoms with Crippen LogP contribution in [0.3, 0.4) is 0 Å². The van der Waals surface area contributed by atoms with Gasteiger partial charge in [0.1, 0.15) is 11.4 Å². The Balaban J connectivity index is 2.01. The van der Waals surface area contributed by atoms with Crippen molar-refractivity contribution < 1.29 is 23.9 Å². The lowest BCUT2D eigenvalue weighted by atomic mass is 10.1. The molecular weight excluding hydrogens is 348 g/mol. The third-order valence-electron chi connectivity index (χ3n) is 4.29. The van der Waals surface area contributed by atoms with Crippen LogP contribution in [-0.4, -0.2) is 35.9 Å². The van der Waals surface area contributed by atoms with E-state index < -0.39 is 18.0 Å². The third-order valence-corrected chi connectivity index (χ3v) is 4.29. The molecule has 7 nitrogen and oxygen atoms in total. The number of carbonyl (C=O) groups is 3. The van der Waals surface area contributed by atoms with Crippen LogP contribution >= 0.6 is 0 Å². The molecule has 144 valence electrons. The molecule has 2 aromatic rings. The quantitative estimate of drug-likeness (QED) is 0.575. The zero-order valence-corrected chi connectivity index (χ0v) is 16.1. The molecular formula is C20H24N2O5. The van der Waals surface area contributed by atoms with E-state index in [4.69, 9.17) is 9.47 Å². The van der Waals surface area contributed by atoms with Gasteiger partial charge in [0, 0.05) is 23.4 Å². The Morgan fingerprint density at radius 3 is 2.44 bits per heavy atom. The molecule has 0 aliphatic heterocycles. The number of benzene rings is 1. The Morgan fingerprint density at radius 1 is 1.19 bits per heavy atom. The van der Waals surface area contributed by atoms with E-state index in [-0.39, 0.29) is 18.0 Å². The number of para-hydroxylation sites is 1. The molecule has 0 unspecified atom stereocenters. The highest BCUT2D eigenvalue weighted by atomic mass is 16.5. The van der Waals surface area contributed by atoms with Gasteiger partial charge < -0.3 is 19.8 Å². The summed E-state index contributed by atoms with van der Waals surface area (Å²) in [5, 5.41) is 2.72. The summed E-state index contributed by atoms with van der Waals surface area (Å²) in [6, 6.07) is 7.32. The van der Waals surface area contributed by atoms with Gasteiger partial charge in [0.2, 0.25) is 0 Å². The molecule has 0 saturated carbocycles. The summed E-state index contributed by atoms with van der Waals surface area (Å²) in [5.74, 6) is -0.579. The van der Waals surface area contributed by atoms with Crippen molar-refractivity contribution in [1.29, 1.82) is 0 Å². The van der Waals surface area contributed by atoms with E-state index in [2.05, 4.69) is 10.3 Å². The summed E-state index contributed by atoms with van der Waals surface area (Å²) in [6.45, 7) is 6.56. The molecule has 0 aliphatic rings. The Hall–Kier alpha value is -3.09. The molecule has 0 fully saturated rings. The first-order chi connectivity index (χ1) is 12.8. The number of carbonyl (C=O) groups excluding carboxylic acids is 3. The van der Waals surface area contributed by atoms with Crippen LogP contribution in [0.2, 0.25) is 0 Å². The molecule has 27 heavy (non-hydrogen) atoms. The number of H-pyrrole nitrogens is 1. The predicted octanol–water partition coefficient (Wildman–Crippen LogP) is 2.70. The van der Waals surface area contributed by atoms with Crippen molar-refractivity contribution in [3.8, 4) is 5.75 Å². The average Bonchev–Trinajstić information content (AvgIpc) is 2.94. The fourth-order valence-electron chi connectivity index (χ4n) is 2.93. The number of methoxy groups -OCH3 is 1. The molecule has 2 N–H and O–H groups in total. The van der Waals surface area contributed by atoms with Crippen molar-refractivity contribution in [1.82, 2.24) is 10.3 Å². The number of hydrogen-bond acceptors (Lipinski definition) is 5. The van der Waals surface area contributed by atoms with E-state index in [0.717, 1.165) is 5.56 Å². The van der Waals surface area contributed by atoms with Crippen LogP contribution in [0, 0.1) is 13.8 Å². The molecule has 7 heteroatoms. The molecule has 0 bridgehead atoms. The Labute approximate surface area is 158 Å². The van der Waals surface area contributed by atoms with Gasteiger partial charge in [-0.3, -0.25) is 9.59 Å². The summed E-state index contributed by atoms with van der Waals surface area (Å²) in [7, 11) is 1.56. The van der Waals surface area contributed by atoms with Gasteiger partial charge in [-0.1, -0.05) is 18.2 Å². The number of ketones is 1. The number of aryl methyl sites for hydroxylation is 1. The molecule has 1 heterocycles. The van der Waals surface area contributed by atoms with Gasteiger partial charge in [-0.2, -0.15) is 0 Å². The van der Waals surface area contributed by atoms with Crippen molar-refractivity contribution in [3.05, 3.63) is 52.3 Å². The average molecular weight is 372 g/mol. The first kappa shape index (κ1) is 20.2. The second-order valence-electron chi connectivity index (χ2n) is 6.26. The number of nitrogens with one attached hydrogen (secondary N) is 2. The number of hydrogen-bond donors (Lipinski definition) is 2. The van der Waals surface area contributed by atoms with Crippen LogP contribution in [0.15, 0.2) is 24.3 Å². The number of aromatic nitrogens is 1. The van der Waals surface area contributed by atoms with E-state index in [9.17, 15) is 14.4 Å². The number of esters is 1. The number of rotatable bonds is 7. The highest BCUT2D eigenvalue weighted by Crippen LogP contribution is 2.20. The monoisotopic (exact) mass is 372 g/mol. The minimum absolute atomic E-state index is 0.136. The summed E-state index contributed by atoms with van der Waals surface area (Å²) < 4.78 is 10.5. The predicted molar refractivity (Wildman–Crippen MR) is 100.0 cm³/mol. The fourth-order valence-corrected chi connectivity index (χ4v) is 2.93. The van der Waals surface area contributed by atoms with E-state index >= 15 is 0 Å². The highest BCUT2D eigenvalue weighted by Gasteiger charge is 2.24. The second kappa shape index (κ2) is 8.53. The molecule has 2 rings (SSSR count). The third kappa shape index (κ3) is 4.55. The van der Waals surface area contributed by atoms with Gasteiger partial charge in [-0.15, -0.1) is 0 Å². The van der Waals surface area contributed by atoms with Crippen LogP contribution in [0.5, 0.6) is 5.75 Å². The normalized spacial score (nSPS) is 11.6. The van der Waals surface area contributed by atoms with Gasteiger partial charge in [-0.05, 0) is 39.3 Å².